The van der Waals surface area contributed by atoms with E-state index >= 15 is 0 Å². The van der Waals surface area contributed by atoms with Gasteiger partial charge in [0, 0.05) is 11.5 Å². The molecule has 1 aromatic heterocycles. The van der Waals surface area contributed by atoms with Gasteiger partial charge in [-0.15, -0.1) is 0 Å². The second kappa shape index (κ2) is 3.77. The number of rotatable bonds is 2. The molecule has 0 aliphatic heterocycles. The molecule has 0 saturated heterocycles. The average Bonchev–Trinajstić information content (AvgIpc) is 2.35. The molecule has 1 aromatic rings. The quantitative estimate of drug-likeness (QED) is 0.784. The number of aromatic nitrogens is 2. The Morgan fingerprint density at radius 1 is 1.82 bits per heavy atom. The lowest BCUT2D eigenvalue weighted by Crippen LogP contribution is -2.11. The highest BCUT2D eigenvalue weighted by Crippen LogP contribution is 2.09. The molecule has 0 spiro atoms. The van der Waals surface area contributed by atoms with Gasteiger partial charge in [0.15, 0.2) is 0 Å². The smallest absolute Gasteiger partial charge is 0.236 e. The van der Waals surface area contributed by atoms with Gasteiger partial charge in [-0.1, -0.05) is 15.9 Å². The fourth-order valence-corrected chi connectivity index (χ4v) is 1.23. The van der Waals surface area contributed by atoms with Gasteiger partial charge in [-0.3, -0.25) is 10.1 Å². The van der Waals surface area contributed by atoms with Crippen molar-refractivity contribution in [2.75, 3.05) is 10.6 Å². The van der Waals surface area contributed by atoms with Gasteiger partial charge in [-0.05, 0) is 6.92 Å². The number of hydrogen-bond donors (Lipinski definition) is 1. The predicted molar refractivity (Wildman–Crippen MR) is 47.1 cm³/mol. The van der Waals surface area contributed by atoms with Gasteiger partial charge in [0.1, 0.15) is 5.82 Å². The van der Waals surface area contributed by atoms with Crippen LogP contribution in [-0.4, -0.2) is 20.6 Å². The Morgan fingerprint density at radius 3 is 3.00 bits per heavy atom. The summed E-state index contributed by atoms with van der Waals surface area (Å²) < 4.78 is 3.90. The molecule has 0 aliphatic carbocycles. The highest BCUT2D eigenvalue weighted by atomic mass is 79.9. The minimum absolute atomic E-state index is 0.110. The van der Waals surface area contributed by atoms with Crippen LogP contribution in [0.3, 0.4) is 0 Å². The third kappa shape index (κ3) is 2.55. The van der Waals surface area contributed by atoms with Crippen molar-refractivity contribution in [1.82, 2.24) is 9.36 Å². The van der Waals surface area contributed by atoms with E-state index in [1.165, 1.54) is 11.5 Å². The molecule has 0 fully saturated rings. The lowest BCUT2D eigenvalue weighted by Gasteiger charge is -1.93. The zero-order chi connectivity index (χ0) is 8.27. The molecule has 11 heavy (non-hydrogen) atoms. The molecule has 0 saturated carbocycles. The highest BCUT2D eigenvalue weighted by Gasteiger charge is 2.02. The Kier molecular flexibility index (Phi) is 2.95. The summed E-state index contributed by atoms with van der Waals surface area (Å²) in [6.07, 6.45) is 0. The number of carbonyl (C=O) groups excluding carboxylic acids is 1. The Morgan fingerprint density at radius 2 is 2.55 bits per heavy atom. The number of hydrogen-bond acceptors (Lipinski definition) is 4. The number of halogens is 1. The first-order valence-corrected chi connectivity index (χ1v) is 4.78. The number of alkyl halides is 1. The van der Waals surface area contributed by atoms with Crippen molar-refractivity contribution in [3.05, 3.63) is 5.82 Å². The molecule has 0 aliphatic rings. The van der Waals surface area contributed by atoms with Crippen molar-refractivity contribution in [3.63, 3.8) is 0 Å². The van der Waals surface area contributed by atoms with Crippen LogP contribution in [0.4, 0.5) is 5.13 Å². The van der Waals surface area contributed by atoms with Crippen LogP contribution in [0.15, 0.2) is 0 Å². The van der Waals surface area contributed by atoms with Crippen LogP contribution in [0.2, 0.25) is 0 Å². The van der Waals surface area contributed by atoms with Gasteiger partial charge in [0.05, 0.1) is 5.33 Å². The molecule has 1 amide bonds. The Balaban J connectivity index is 2.57. The Labute approximate surface area is 76.3 Å². The molecule has 0 radical (unpaired) electrons. The van der Waals surface area contributed by atoms with Gasteiger partial charge < -0.3 is 0 Å². The SMILES string of the molecule is Cc1nsc(NC(=O)CBr)n1. The van der Waals surface area contributed by atoms with Crippen molar-refractivity contribution < 1.29 is 4.79 Å². The molecule has 6 heteroatoms. The van der Waals surface area contributed by atoms with Crippen LogP contribution in [0.5, 0.6) is 0 Å². The van der Waals surface area contributed by atoms with E-state index in [0.29, 0.717) is 11.0 Å². The topological polar surface area (TPSA) is 54.9 Å². The molecule has 0 atom stereocenters. The van der Waals surface area contributed by atoms with Crippen LogP contribution in [0.25, 0.3) is 0 Å². The van der Waals surface area contributed by atoms with Crippen LogP contribution in [0.1, 0.15) is 5.82 Å². The summed E-state index contributed by atoms with van der Waals surface area (Å²) in [6, 6.07) is 0. The van der Waals surface area contributed by atoms with E-state index in [9.17, 15) is 4.79 Å². The maximum atomic E-state index is 10.8. The monoisotopic (exact) mass is 235 g/mol. The third-order valence-corrected chi connectivity index (χ3v) is 2.13. The molecule has 4 nitrogen and oxygen atoms in total. The minimum Gasteiger partial charge on any atom is -0.300 e. The van der Waals surface area contributed by atoms with E-state index in [1.807, 2.05) is 0 Å². The molecule has 60 valence electrons. The first kappa shape index (κ1) is 8.61. The van der Waals surface area contributed by atoms with Gasteiger partial charge in [0.2, 0.25) is 11.0 Å². The lowest BCUT2D eigenvalue weighted by atomic mass is 10.7. The summed E-state index contributed by atoms with van der Waals surface area (Å²) in [5, 5.41) is 3.40. The number of amides is 1. The molecule has 0 aromatic carbocycles. The van der Waals surface area contributed by atoms with Crippen molar-refractivity contribution in [2.45, 2.75) is 6.92 Å². The number of nitrogens with one attached hydrogen (secondary N) is 1. The van der Waals surface area contributed by atoms with Gasteiger partial charge in [0.25, 0.3) is 0 Å². The number of nitrogens with zero attached hydrogens (tertiary/aromatic N) is 2. The highest BCUT2D eigenvalue weighted by molar-refractivity contribution is 9.09. The number of carbonyl (C=O) groups is 1. The molecule has 0 unspecified atom stereocenters. The fourth-order valence-electron chi connectivity index (χ4n) is 0.501. The van der Waals surface area contributed by atoms with Crippen molar-refractivity contribution in [1.29, 1.82) is 0 Å². The summed E-state index contributed by atoms with van der Waals surface area (Å²) in [5.74, 6) is 0.570. The molecule has 1 heterocycles. The van der Waals surface area contributed by atoms with Crippen LogP contribution in [0, 0.1) is 6.92 Å². The van der Waals surface area contributed by atoms with Crippen LogP contribution >= 0.6 is 27.5 Å². The number of aryl methyl sites for hydroxylation is 1. The fraction of sp³-hybridized carbons (Fsp3) is 0.400. The minimum atomic E-state index is -0.110. The maximum Gasteiger partial charge on any atom is 0.236 e. The molecule has 1 N–H and O–H groups in total. The van der Waals surface area contributed by atoms with Gasteiger partial charge >= 0.3 is 0 Å². The van der Waals surface area contributed by atoms with E-state index in [0.717, 1.165) is 0 Å². The third-order valence-electron chi connectivity index (χ3n) is 0.895. The Hall–Kier alpha value is -0.490. The van der Waals surface area contributed by atoms with E-state index in [2.05, 4.69) is 30.6 Å². The van der Waals surface area contributed by atoms with Crippen LogP contribution in [-0.2, 0) is 4.79 Å². The molecular formula is C5H6BrN3OS. The zero-order valence-corrected chi connectivity index (χ0v) is 8.20. The molecule has 0 bridgehead atoms. The van der Waals surface area contributed by atoms with E-state index in [1.54, 1.807) is 6.92 Å². The first-order chi connectivity index (χ1) is 5.22. The summed E-state index contributed by atoms with van der Waals surface area (Å²) >= 11 is 4.20. The summed E-state index contributed by atoms with van der Waals surface area (Å²) in [4.78, 5) is 14.7. The summed E-state index contributed by atoms with van der Waals surface area (Å²) in [6.45, 7) is 1.78. The van der Waals surface area contributed by atoms with Gasteiger partial charge in [-0.2, -0.15) is 4.37 Å². The molecule has 1 rings (SSSR count). The lowest BCUT2D eigenvalue weighted by molar-refractivity contribution is -0.113. The normalized spacial score (nSPS) is 9.64. The van der Waals surface area contributed by atoms with Gasteiger partial charge in [-0.25, -0.2) is 4.98 Å². The standard InChI is InChI=1S/C5H6BrN3OS/c1-3-7-5(11-9-3)8-4(10)2-6/h2H2,1H3,(H,7,8,9,10). The predicted octanol–water partition coefficient (Wildman–Crippen LogP) is 1.18. The Bertz CT molecular complexity index is 262. The van der Waals surface area contributed by atoms with Crippen molar-refractivity contribution in [3.8, 4) is 0 Å². The first-order valence-electron chi connectivity index (χ1n) is 2.88. The van der Waals surface area contributed by atoms with Crippen molar-refractivity contribution >= 4 is 38.5 Å². The number of anilines is 1. The van der Waals surface area contributed by atoms with Crippen molar-refractivity contribution in [2.24, 2.45) is 0 Å². The van der Waals surface area contributed by atoms with E-state index in [4.69, 9.17) is 0 Å². The summed E-state index contributed by atoms with van der Waals surface area (Å²) in [5.41, 5.74) is 0. The summed E-state index contributed by atoms with van der Waals surface area (Å²) in [7, 11) is 0. The maximum absolute atomic E-state index is 10.8. The average molecular weight is 236 g/mol. The second-order valence-corrected chi connectivity index (χ2v) is 3.14. The second-order valence-electron chi connectivity index (χ2n) is 1.83. The van der Waals surface area contributed by atoms with E-state index < -0.39 is 0 Å². The zero-order valence-electron chi connectivity index (χ0n) is 5.80. The van der Waals surface area contributed by atoms with Crippen LogP contribution < -0.4 is 5.32 Å². The largest absolute Gasteiger partial charge is 0.300 e. The van der Waals surface area contributed by atoms with E-state index in [-0.39, 0.29) is 11.2 Å². The molecular weight excluding hydrogens is 230 g/mol.